The summed E-state index contributed by atoms with van der Waals surface area (Å²) in [6, 6.07) is 5.29. The molecule has 0 aromatic heterocycles. The monoisotopic (exact) mass is 303 g/mol. The van der Waals surface area contributed by atoms with E-state index < -0.39 is 6.10 Å². The van der Waals surface area contributed by atoms with Crippen molar-refractivity contribution in [3.05, 3.63) is 18.2 Å². The van der Waals surface area contributed by atoms with Crippen molar-refractivity contribution >= 4 is 23.2 Å². The van der Waals surface area contributed by atoms with Gasteiger partial charge in [0.15, 0.2) is 6.10 Å². The molecule has 6 nitrogen and oxygen atoms in total. The Morgan fingerprint density at radius 3 is 2.77 bits per heavy atom. The van der Waals surface area contributed by atoms with E-state index in [1.165, 1.54) is 4.90 Å². The molecule has 0 aliphatic carbocycles. The molecule has 3 rings (SSSR count). The van der Waals surface area contributed by atoms with E-state index in [0.29, 0.717) is 23.5 Å². The third kappa shape index (κ3) is 2.49. The normalized spacial score (nSPS) is 20.8. The number of amides is 2. The topological polar surface area (TPSA) is 75.9 Å². The molecule has 1 aromatic carbocycles. The number of hydrogen-bond acceptors (Lipinski definition) is 4. The van der Waals surface area contributed by atoms with E-state index in [1.54, 1.807) is 18.2 Å². The van der Waals surface area contributed by atoms with E-state index in [0.717, 1.165) is 25.9 Å². The quantitative estimate of drug-likeness (QED) is 0.856. The van der Waals surface area contributed by atoms with Crippen LogP contribution < -0.4 is 15.4 Å². The second-order valence-electron chi connectivity index (χ2n) is 5.72. The molecule has 1 unspecified atom stereocenters. The highest BCUT2D eigenvalue weighted by molar-refractivity contribution is 6.06. The summed E-state index contributed by atoms with van der Waals surface area (Å²) >= 11 is 0. The molecule has 22 heavy (non-hydrogen) atoms. The number of carbonyl (C=O) groups excluding carboxylic acids is 2. The molecule has 1 fully saturated rings. The first kappa shape index (κ1) is 14.7. The highest BCUT2D eigenvalue weighted by Crippen LogP contribution is 2.39. The predicted octanol–water partition coefficient (Wildman–Crippen LogP) is 1.40. The Morgan fingerprint density at radius 2 is 2.09 bits per heavy atom. The summed E-state index contributed by atoms with van der Waals surface area (Å²) in [5.74, 6) is 0.345. The number of para-hydroxylation sites is 1. The molecule has 0 saturated carbocycles. The molecular weight excluding hydrogens is 282 g/mol. The van der Waals surface area contributed by atoms with Crippen LogP contribution in [0.3, 0.4) is 0 Å². The van der Waals surface area contributed by atoms with E-state index in [4.69, 9.17) is 10.5 Å². The van der Waals surface area contributed by atoms with Gasteiger partial charge in [0.2, 0.25) is 5.91 Å². The lowest BCUT2D eigenvalue weighted by atomic mass is 10.1. The third-order valence-electron chi connectivity index (χ3n) is 4.23. The van der Waals surface area contributed by atoms with Gasteiger partial charge in [0.05, 0.1) is 5.69 Å². The first-order valence-electron chi connectivity index (χ1n) is 7.76. The van der Waals surface area contributed by atoms with Crippen LogP contribution in [0.2, 0.25) is 0 Å². The summed E-state index contributed by atoms with van der Waals surface area (Å²) < 4.78 is 5.72. The Morgan fingerprint density at radius 1 is 1.36 bits per heavy atom. The fourth-order valence-electron chi connectivity index (χ4n) is 3.03. The molecule has 1 atom stereocenters. The number of anilines is 2. The van der Waals surface area contributed by atoms with Gasteiger partial charge in [-0.05, 0) is 31.4 Å². The fraction of sp³-hybridized carbons (Fsp3) is 0.500. The van der Waals surface area contributed by atoms with Gasteiger partial charge in [0.1, 0.15) is 18.0 Å². The highest BCUT2D eigenvalue weighted by atomic mass is 16.5. The lowest BCUT2D eigenvalue weighted by molar-refractivity contribution is -0.132. The number of hydrogen-bond donors (Lipinski definition) is 1. The molecule has 118 valence electrons. The Balaban J connectivity index is 1.90. The number of fused-ring (bicyclic) bond motifs is 1. The summed E-state index contributed by atoms with van der Waals surface area (Å²) in [6.07, 6.45) is 2.06. The lowest BCUT2D eigenvalue weighted by Gasteiger charge is -2.35. The summed E-state index contributed by atoms with van der Waals surface area (Å²) in [7, 11) is 0. The van der Waals surface area contributed by atoms with Gasteiger partial charge in [-0.1, -0.05) is 13.0 Å². The van der Waals surface area contributed by atoms with Crippen LogP contribution in [0.5, 0.6) is 5.75 Å². The summed E-state index contributed by atoms with van der Waals surface area (Å²) in [4.78, 5) is 28.3. The number of benzene rings is 1. The van der Waals surface area contributed by atoms with Crippen LogP contribution in [0.1, 0.15) is 26.2 Å². The smallest absolute Gasteiger partial charge is 0.268 e. The van der Waals surface area contributed by atoms with Crippen LogP contribution in [-0.4, -0.2) is 42.5 Å². The molecule has 0 radical (unpaired) electrons. The number of carbonyl (C=O) groups is 2. The van der Waals surface area contributed by atoms with Gasteiger partial charge in [-0.25, -0.2) is 0 Å². The van der Waals surface area contributed by atoms with Gasteiger partial charge in [0, 0.05) is 13.1 Å². The SMILES string of the molecule is CCC1Oc2cccc(N)c2N(CC(=O)N2CCCC2)C1=O. The second-order valence-corrected chi connectivity index (χ2v) is 5.72. The molecule has 1 saturated heterocycles. The molecule has 6 heteroatoms. The van der Waals surface area contributed by atoms with Crippen LogP contribution in [0.15, 0.2) is 18.2 Å². The Hall–Kier alpha value is -2.24. The summed E-state index contributed by atoms with van der Waals surface area (Å²) in [6.45, 7) is 3.46. The second kappa shape index (κ2) is 5.87. The minimum atomic E-state index is -0.555. The van der Waals surface area contributed by atoms with Gasteiger partial charge in [0.25, 0.3) is 5.91 Å². The first-order chi connectivity index (χ1) is 10.6. The molecular formula is C16H21N3O3. The average molecular weight is 303 g/mol. The van der Waals surface area contributed by atoms with Crippen molar-refractivity contribution in [2.24, 2.45) is 0 Å². The highest BCUT2D eigenvalue weighted by Gasteiger charge is 2.36. The summed E-state index contributed by atoms with van der Waals surface area (Å²) in [5.41, 5.74) is 6.98. The molecule has 0 spiro atoms. The van der Waals surface area contributed by atoms with Crippen molar-refractivity contribution in [2.45, 2.75) is 32.3 Å². The Kier molecular flexibility index (Phi) is 3.92. The van der Waals surface area contributed by atoms with Gasteiger partial charge in [-0.3, -0.25) is 14.5 Å². The maximum atomic E-state index is 12.6. The van der Waals surface area contributed by atoms with E-state index in [9.17, 15) is 9.59 Å². The average Bonchev–Trinajstić information content (AvgIpc) is 3.04. The van der Waals surface area contributed by atoms with E-state index >= 15 is 0 Å². The van der Waals surface area contributed by atoms with Gasteiger partial charge in [-0.15, -0.1) is 0 Å². The van der Waals surface area contributed by atoms with Crippen LogP contribution in [0, 0.1) is 0 Å². The molecule has 2 heterocycles. The van der Waals surface area contributed by atoms with E-state index in [1.807, 2.05) is 11.8 Å². The van der Waals surface area contributed by atoms with E-state index in [2.05, 4.69) is 0 Å². The number of nitrogens with two attached hydrogens (primary N) is 1. The van der Waals surface area contributed by atoms with Gasteiger partial charge < -0.3 is 15.4 Å². The van der Waals surface area contributed by atoms with Crippen molar-refractivity contribution in [1.82, 2.24) is 4.90 Å². The third-order valence-corrected chi connectivity index (χ3v) is 4.23. The zero-order valence-electron chi connectivity index (χ0n) is 12.7. The first-order valence-corrected chi connectivity index (χ1v) is 7.76. The Bertz CT molecular complexity index is 596. The number of ether oxygens (including phenoxy) is 1. The fourth-order valence-corrected chi connectivity index (χ4v) is 3.03. The standard InChI is InChI=1S/C16H21N3O3/c1-2-12-16(21)19(10-14(20)18-8-3-4-9-18)15-11(17)6-5-7-13(15)22-12/h5-7,12H,2-4,8-10,17H2,1H3. The van der Waals surface area contributed by atoms with Crippen LogP contribution in [-0.2, 0) is 9.59 Å². The molecule has 1 aromatic rings. The number of rotatable bonds is 3. The lowest BCUT2D eigenvalue weighted by Crippen LogP contribution is -2.50. The van der Waals surface area contributed by atoms with Crippen molar-refractivity contribution in [2.75, 3.05) is 30.3 Å². The number of nitrogen functional groups attached to an aromatic ring is 1. The van der Waals surface area contributed by atoms with Crippen molar-refractivity contribution < 1.29 is 14.3 Å². The molecule has 2 aliphatic rings. The maximum absolute atomic E-state index is 12.6. The van der Waals surface area contributed by atoms with Crippen molar-refractivity contribution in [3.8, 4) is 5.75 Å². The summed E-state index contributed by atoms with van der Waals surface area (Å²) in [5, 5.41) is 0. The zero-order valence-corrected chi connectivity index (χ0v) is 12.7. The molecule has 2 N–H and O–H groups in total. The molecule has 2 amide bonds. The largest absolute Gasteiger partial charge is 0.478 e. The molecule has 2 aliphatic heterocycles. The van der Waals surface area contributed by atoms with Crippen molar-refractivity contribution in [1.29, 1.82) is 0 Å². The van der Waals surface area contributed by atoms with Crippen molar-refractivity contribution in [3.63, 3.8) is 0 Å². The Labute approximate surface area is 129 Å². The number of likely N-dealkylation sites (tertiary alicyclic amines) is 1. The maximum Gasteiger partial charge on any atom is 0.268 e. The van der Waals surface area contributed by atoms with Crippen LogP contribution in [0.25, 0.3) is 0 Å². The predicted molar refractivity (Wildman–Crippen MR) is 83.7 cm³/mol. The zero-order chi connectivity index (χ0) is 15.7. The minimum Gasteiger partial charge on any atom is -0.478 e. The minimum absolute atomic E-state index is 0.0277. The van der Waals surface area contributed by atoms with Crippen LogP contribution in [0.4, 0.5) is 11.4 Å². The molecule has 0 bridgehead atoms. The number of nitrogens with zero attached hydrogens (tertiary/aromatic N) is 2. The van der Waals surface area contributed by atoms with Crippen LogP contribution >= 0.6 is 0 Å². The van der Waals surface area contributed by atoms with Gasteiger partial charge >= 0.3 is 0 Å². The van der Waals surface area contributed by atoms with E-state index in [-0.39, 0.29) is 18.4 Å². The van der Waals surface area contributed by atoms with Gasteiger partial charge in [-0.2, -0.15) is 0 Å².